The van der Waals surface area contributed by atoms with E-state index in [9.17, 15) is 10.1 Å². The second-order valence-corrected chi connectivity index (χ2v) is 4.28. The molecule has 0 spiro atoms. The van der Waals surface area contributed by atoms with E-state index in [1.165, 1.54) is 25.0 Å². The van der Waals surface area contributed by atoms with E-state index in [4.69, 9.17) is 4.74 Å². The van der Waals surface area contributed by atoms with Crippen molar-refractivity contribution in [1.82, 2.24) is 5.32 Å². The van der Waals surface area contributed by atoms with Crippen LogP contribution >= 0.6 is 0 Å². The SMILES string of the molecule is Cc1cc([N+](=O)[O-])ccc1OCCNC1CC1. The van der Waals surface area contributed by atoms with Crippen LogP contribution in [0, 0.1) is 17.0 Å². The standard InChI is InChI=1S/C12H16N2O3/c1-9-8-11(14(15)16)4-5-12(9)17-7-6-13-10-2-3-10/h4-5,8,10,13H,2-3,6-7H2,1H3. The highest BCUT2D eigenvalue weighted by atomic mass is 16.6. The zero-order valence-electron chi connectivity index (χ0n) is 9.81. The Labute approximate surface area is 99.9 Å². The van der Waals surface area contributed by atoms with Gasteiger partial charge in [0, 0.05) is 24.7 Å². The zero-order chi connectivity index (χ0) is 12.3. The Balaban J connectivity index is 1.84. The third kappa shape index (κ3) is 3.42. The van der Waals surface area contributed by atoms with Crippen molar-refractivity contribution < 1.29 is 9.66 Å². The Kier molecular flexibility index (Phi) is 3.58. The summed E-state index contributed by atoms with van der Waals surface area (Å²) in [6, 6.07) is 5.34. The van der Waals surface area contributed by atoms with Gasteiger partial charge in [0.25, 0.3) is 5.69 Å². The lowest BCUT2D eigenvalue weighted by Crippen LogP contribution is -2.22. The third-order valence-electron chi connectivity index (χ3n) is 2.74. The van der Waals surface area contributed by atoms with Crippen LogP contribution in [0.3, 0.4) is 0 Å². The van der Waals surface area contributed by atoms with E-state index in [1.54, 1.807) is 6.07 Å². The van der Waals surface area contributed by atoms with Crippen LogP contribution in [0.4, 0.5) is 5.69 Å². The summed E-state index contributed by atoms with van der Waals surface area (Å²) in [6.07, 6.45) is 2.52. The molecule has 1 aromatic rings. The van der Waals surface area contributed by atoms with Crippen LogP contribution in [-0.2, 0) is 0 Å². The molecular formula is C12H16N2O3. The molecule has 0 aliphatic heterocycles. The maximum absolute atomic E-state index is 10.6. The molecule has 17 heavy (non-hydrogen) atoms. The van der Waals surface area contributed by atoms with E-state index in [0.29, 0.717) is 18.4 Å². The molecule has 5 heteroatoms. The van der Waals surface area contributed by atoms with Crippen LogP contribution in [-0.4, -0.2) is 24.1 Å². The fourth-order valence-electron chi connectivity index (χ4n) is 1.62. The highest BCUT2D eigenvalue weighted by molar-refractivity contribution is 5.42. The number of rotatable bonds is 6. The number of hydrogen-bond donors (Lipinski definition) is 1. The first-order valence-corrected chi connectivity index (χ1v) is 5.78. The minimum Gasteiger partial charge on any atom is -0.492 e. The number of ether oxygens (including phenoxy) is 1. The second kappa shape index (κ2) is 5.14. The van der Waals surface area contributed by atoms with Gasteiger partial charge in [0.1, 0.15) is 12.4 Å². The molecule has 0 unspecified atom stereocenters. The van der Waals surface area contributed by atoms with Crippen molar-refractivity contribution in [2.45, 2.75) is 25.8 Å². The van der Waals surface area contributed by atoms with Crippen LogP contribution in [0.5, 0.6) is 5.75 Å². The summed E-state index contributed by atoms with van der Waals surface area (Å²) in [5.41, 5.74) is 0.900. The summed E-state index contributed by atoms with van der Waals surface area (Å²) in [5, 5.41) is 13.9. The summed E-state index contributed by atoms with van der Waals surface area (Å²) < 4.78 is 5.56. The van der Waals surface area contributed by atoms with Gasteiger partial charge in [-0.15, -0.1) is 0 Å². The van der Waals surface area contributed by atoms with Crippen molar-refractivity contribution in [1.29, 1.82) is 0 Å². The van der Waals surface area contributed by atoms with Gasteiger partial charge in [0.15, 0.2) is 0 Å². The van der Waals surface area contributed by atoms with Gasteiger partial charge in [-0.2, -0.15) is 0 Å². The first-order chi connectivity index (χ1) is 8.16. The Morgan fingerprint density at radius 1 is 1.53 bits per heavy atom. The molecular weight excluding hydrogens is 220 g/mol. The second-order valence-electron chi connectivity index (χ2n) is 4.28. The lowest BCUT2D eigenvalue weighted by molar-refractivity contribution is -0.384. The largest absolute Gasteiger partial charge is 0.492 e. The smallest absolute Gasteiger partial charge is 0.269 e. The van der Waals surface area contributed by atoms with Gasteiger partial charge < -0.3 is 10.1 Å². The van der Waals surface area contributed by atoms with Crippen LogP contribution in [0.2, 0.25) is 0 Å². The third-order valence-corrected chi connectivity index (χ3v) is 2.74. The molecule has 1 aliphatic carbocycles. The summed E-state index contributed by atoms with van der Waals surface area (Å²) in [7, 11) is 0. The number of non-ortho nitro benzene ring substituents is 1. The van der Waals surface area contributed by atoms with E-state index in [-0.39, 0.29) is 5.69 Å². The highest BCUT2D eigenvalue weighted by Crippen LogP contribution is 2.23. The van der Waals surface area contributed by atoms with Crippen molar-refractivity contribution in [3.05, 3.63) is 33.9 Å². The first kappa shape index (κ1) is 11.9. The number of nitro groups is 1. The maximum Gasteiger partial charge on any atom is 0.269 e. The maximum atomic E-state index is 10.6. The number of hydrogen-bond acceptors (Lipinski definition) is 4. The van der Waals surface area contributed by atoms with Crippen LogP contribution < -0.4 is 10.1 Å². The van der Waals surface area contributed by atoms with E-state index in [1.807, 2.05) is 6.92 Å². The number of benzene rings is 1. The number of nitro benzene ring substituents is 1. The van der Waals surface area contributed by atoms with Crippen molar-refractivity contribution >= 4 is 5.69 Å². The molecule has 2 rings (SSSR count). The monoisotopic (exact) mass is 236 g/mol. The van der Waals surface area contributed by atoms with Crippen molar-refractivity contribution in [2.24, 2.45) is 0 Å². The number of nitrogens with zero attached hydrogens (tertiary/aromatic N) is 1. The molecule has 0 heterocycles. The molecule has 0 aromatic heterocycles. The molecule has 1 fully saturated rings. The average molecular weight is 236 g/mol. The fourth-order valence-corrected chi connectivity index (χ4v) is 1.62. The molecule has 1 aromatic carbocycles. The van der Waals surface area contributed by atoms with Crippen molar-refractivity contribution in [3.63, 3.8) is 0 Å². The topological polar surface area (TPSA) is 64.4 Å². The van der Waals surface area contributed by atoms with Crippen molar-refractivity contribution in [3.8, 4) is 5.75 Å². The molecule has 5 nitrogen and oxygen atoms in total. The van der Waals surface area contributed by atoms with Gasteiger partial charge in [-0.3, -0.25) is 10.1 Å². The molecule has 1 saturated carbocycles. The fraction of sp³-hybridized carbons (Fsp3) is 0.500. The molecule has 0 atom stereocenters. The molecule has 92 valence electrons. The predicted molar refractivity (Wildman–Crippen MR) is 64.4 cm³/mol. The number of aryl methyl sites for hydroxylation is 1. The van der Waals surface area contributed by atoms with E-state index in [2.05, 4.69) is 5.32 Å². The Morgan fingerprint density at radius 2 is 2.29 bits per heavy atom. The van der Waals surface area contributed by atoms with Gasteiger partial charge >= 0.3 is 0 Å². The van der Waals surface area contributed by atoms with Crippen LogP contribution in [0.25, 0.3) is 0 Å². The Morgan fingerprint density at radius 3 is 2.88 bits per heavy atom. The van der Waals surface area contributed by atoms with Crippen LogP contribution in [0.15, 0.2) is 18.2 Å². The van der Waals surface area contributed by atoms with Gasteiger partial charge in [-0.05, 0) is 31.4 Å². The van der Waals surface area contributed by atoms with E-state index in [0.717, 1.165) is 12.1 Å². The molecule has 0 amide bonds. The highest BCUT2D eigenvalue weighted by Gasteiger charge is 2.19. The quantitative estimate of drug-likeness (QED) is 0.466. The molecule has 0 saturated heterocycles. The summed E-state index contributed by atoms with van der Waals surface area (Å²) >= 11 is 0. The van der Waals surface area contributed by atoms with Gasteiger partial charge in [0.05, 0.1) is 4.92 Å². The lowest BCUT2D eigenvalue weighted by atomic mass is 10.2. The molecule has 1 N–H and O–H groups in total. The Bertz CT molecular complexity index is 416. The Hall–Kier alpha value is -1.62. The first-order valence-electron chi connectivity index (χ1n) is 5.78. The lowest BCUT2D eigenvalue weighted by Gasteiger charge is -2.09. The summed E-state index contributed by atoms with van der Waals surface area (Å²) in [4.78, 5) is 10.2. The minimum absolute atomic E-state index is 0.103. The van der Waals surface area contributed by atoms with Gasteiger partial charge in [-0.25, -0.2) is 0 Å². The minimum atomic E-state index is -0.397. The predicted octanol–water partition coefficient (Wildman–Crippen LogP) is 2.03. The number of nitrogens with one attached hydrogen (secondary N) is 1. The van der Waals surface area contributed by atoms with E-state index < -0.39 is 4.92 Å². The summed E-state index contributed by atoms with van der Waals surface area (Å²) in [5.74, 6) is 0.716. The molecule has 1 aliphatic rings. The van der Waals surface area contributed by atoms with Gasteiger partial charge in [0.2, 0.25) is 0 Å². The average Bonchev–Trinajstić information content (AvgIpc) is 3.09. The zero-order valence-corrected chi connectivity index (χ0v) is 9.81. The van der Waals surface area contributed by atoms with E-state index >= 15 is 0 Å². The molecule has 0 bridgehead atoms. The molecule has 0 radical (unpaired) electrons. The van der Waals surface area contributed by atoms with Crippen LogP contribution in [0.1, 0.15) is 18.4 Å². The summed E-state index contributed by atoms with van der Waals surface area (Å²) in [6.45, 7) is 3.23. The van der Waals surface area contributed by atoms with Gasteiger partial charge in [-0.1, -0.05) is 0 Å². The van der Waals surface area contributed by atoms with Crippen molar-refractivity contribution in [2.75, 3.05) is 13.2 Å². The normalized spacial score (nSPS) is 14.6.